The molecule has 0 spiro atoms. The second-order valence-electron chi connectivity index (χ2n) is 7.86. The second-order valence-corrected chi connectivity index (χ2v) is 7.86. The number of nitrogens with zero attached hydrogens (tertiary/aromatic N) is 4. The van der Waals surface area contributed by atoms with Gasteiger partial charge in [-0.2, -0.15) is 10.2 Å². The molecule has 0 aliphatic carbocycles. The van der Waals surface area contributed by atoms with Crippen molar-refractivity contribution in [1.82, 2.24) is 24.9 Å². The van der Waals surface area contributed by atoms with E-state index < -0.39 is 12.0 Å². The van der Waals surface area contributed by atoms with E-state index in [9.17, 15) is 9.59 Å². The van der Waals surface area contributed by atoms with Gasteiger partial charge in [0.1, 0.15) is 0 Å². The lowest BCUT2D eigenvalue weighted by atomic mass is 10.0. The summed E-state index contributed by atoms with van der Waals surface area (Å²) in [5.74, 6) is -0.717. The van der Waals surface area contributed by atoms with Crippen LogP contribution in [0.15, 0.2) is 30.3 Å². The molecule has 0 aliphatic rings. The molecule has 0 saturated carbocycles. The largest absolute Gasteiger partial charge is 0.464 e. The molecular weight excluding hydrogens is 406 g/mol. The van der Waals surface area contributed by atoms with Crippen LogP contribution in [-0.4, -0.2) is 38.0 Å². The monoisotopic (exact) mass is 437 g/mol. The molecule has 0 saturated heterocycles. The number of aryl methyl sites for hydroxylation is 3. The fraction of sp³-hybridized carbons (Fsp3) is 0.417. The Bertz CT molecular complexity index is 1110. The summed E-state index contributed by atoms with van der Waals surface area (Å²) in [6.07, 6.45) is 0.794. The molecule has 0 radical (unpaired) electrons. The maximum atomic E-state index is 12.9. The van der Waals surface area contributed by atoms with E-state index in [-0.39, 0.29) is 18.9 Å². The lowest BCUT2D eigenvalue weighted by Crippen LogP contribution is -2.35. The van der Waals surface area contributed by atoms with Crippen LogP contribution < -0.4 is 5.32 Å². The Morgan fingerprint density at radius 1 is 1.03 bits per heavy atom. The van der Waals surface area contributed by atoms with Crippen molar-refractivity contribution in [2.75, 3.05) is 6.61 Å². The SMILES string of the molecule is CCOC(=O)[C@@H](NC(=O)CCc1c(C)nn(C)c1C)c1c(C)nn(-c2ccccc2)c1C. The van der Waals surface area contributed by atoms with Crippen molar-refractivity contribution in [2.24, 2.45) is 7.05 Å². The standard InChI is InChI=1S/C24H31N5O3/c1-7-32-24(31)23(25-21(30)14-13-20-15(2)26-28(6)17(20)4)22-16(3)27-29(18(22)5)19-11-9-8-10-12-19/h8-12,23H,7,13-14H2,1-6H3,(H,25,30)/t23-/m0/s1. The van der Waals surface area contributed by atoms with Gasteiger partial charge in [0.25, 0.3) is 0 Å². The van der Waals surface area contributed by atoms with E-state index in [0.717, 1.165) is 28.3 Å². The average molecular weight is 438 g/mol. The molecule has 1 N–H and O–H groups in total. The van der Waals surface area contributed by atoms with Crippen LogP contribution in [0.2, 0.25) is 0 Å². The topological polar surface area (TPSA) is 91.0 Å². The molecule has 8 heteroatoms. The van der Waals surface area contributed by atoms with Gasteiger partial charge in [0.05, 0.1) is 23.7 Å². The number of hydrogen-bond acceptors (Lipinski definition) is 5. The van der Waals surface area contributed by atoms with Crippen LogP contribution in [0.3, 0.4) is 0 Å². The number of esters is 1. The van der Waals surface area contributed by atoms with Crippen molar-refractivity contribution in [3.63, 3.8) is 0 Å². The van der Waals surface area contributed by atoms with Gasteiger partial charge in [0, 0.05) is 30.4 Å². The van der Waals surface area contributed by atoms with Crippen molar-refractivity contribution in [3.8, 4) is 5.69 Å². The maximum Gasteiger partial charge on any atom is 0.333 e. The minimum Gasteiger partial charge on any atom is -0.464 e. The number of para-hydroxylation sites is 1. The highest BCUT2D eigenvalue weighted by Crippen LogP contribution is 2.26. The van der Waals surface area contributed by atoms with E-state index in [1.807, 2.05) is 69.8 Å². The first-order valence-corrected chi connectivity index (χ1v) is 10.8. The molecule has 3 rings (SSSR count). The van der Waals surface area contributed by atoms with Crippen molar-refractivity contribution < 1.29 is 14.3 Å². The van der Waals surface area contributed by atoms with E-state index in [2.05, 4.69) is 15.5 Å². The summed E-state index contributed by atoms with van der Waals surface area (Å²) in [6.45, 7) is 9.62. The van der Waals surface area contributed by atoms with Crippen LogP contribution in [0.25, 0.3) is 5.69 Å². The third kappa shape index (κ3) is 4.74. The zero-order chi connectivity index (χ0) is 23.4. The number of aromatic nitrogens is 4. The predicted molar refractivity (Wildman–Crippen MR) is 122 cm³/mol. The Balaban J connectivity index is 1.85. The third-order valence-electron chi connectivity index (χ3n) is 5.73. The molecule has 3 aromatic rings. The summed E-state index contributed by atoms with van der Waals surface area (Å²) in [6, 6.07) is 8.76. The molecule has 1 aromatic carbocycles. The smallest absolute Gasteiger partial charge is 0.333 e. The molecule has 2 aromatic heterocycles. The zero-order valence-electron chi connectivity index (χ0n) is 19.6. The lowest BCUT2D eigenvalue weighted by molar-refractivity contribution is -0.147. The number of ether oxygens (including phenoxy) is 1. The molecule has 0 aliphatic heterocycles. The first-order chi connectivity index (χ1) is 15.2. The molecule has 2 heterocycles. The summed E-state index contributed by atoms with van der Waals surface area (Å²) < 4.78 is 8.88. The molecule has 170 valence electrons. The minimum atomic E-state index is -0.920. The Labute approximate surface area is 188 Å². The van der Waals surface area contributed by atoms with Gasteiger partial charge in [-0.1, -0.05) is 18.2 Å². The summed E-state index contributed by atoms with van der Waals surface area (Å²) in [5, 5.41) is 11.9. The predicted octanol–water partition coefficient (Wildman–Crippen LogP) is 3.19. The summed E-state index contributed by atoms with van der Waals surface area (Å²) >= 11 is 0. The van der Waals surface area contributed by atoms with Gasteiger partial charge in [-0.3, -0.25) is 9.48 Å². The van der Waals surface area contributed by atoms with E-state index in [4.69, 9.17) is 4.74 Å². The number of hydrogen-bond donors (Lipinski definition) is 1. The van der Waals surface area contributed by atoms with E-state index in [1.54, 1.807) is 11.6 Å². The fourth-order valence-electron chi connectivity index (χ4n) is 4.02. The number of benzene rings is 1. The minimum absolute atomic E-state index is 0.225. The highest BCUT2D eigenvalue weighted by Gasteiger charge is 2.30. The van der Waals surface area contributed by atoms with Crippen LogP contribution in [0, 0.1) is 27.7 Å². The maximum absolute atomic E-state index is 12.9. The normalized spacial score (nSPS) is 11.9. The Morgan fingerprint density at radius 3 is 2.31 bits per heavy atom. The lowest BCUT2D eigenvalue weighted by Gasteiger charge is -2.18. The first kappa shape index (κ1) is 23.2. The fourth-order valence-corrected chi connectivity index (χ4v) is 4.02. The number of amides is 1. The number of carbonyl (C=O) groups is 2. The van der Waals surface area contributed by atoms with E-state index in [1.165, 1.54) is 0 Å². The van der Waals surface area contributed by atoms with Gasteiger partial charge < -0.3 is 10.1 Å². The molecular formula is C24H31N5O3. The molecule has 0 fully saturated rings. The van der Waals surface area contributed by atoms with Gasteiger partial charge >= 0.3 is 5.97 Å². The summed E-state index contributed by atoms with van der Waals surface area (Å²) in [7, 11) is 1.89. The highest BCUT2D eigenvalue weighted by molar-refractivity contribution is 5.86. The van der Waals surface area contributed by atoms with Gasteiger partial charge in [0.2, 0.25) is 5.91 Å². The molecule has 1 amide bonds. The van der Waals surface area contributed by atoms with Crippen molar-refractivity contribution >= 4 is 11.9 Å². The molecule has 32 heavy (non-hydrogen) atoms. The molecule has 0 bridgehead atoms. The van der Waals surface area contributed by atoms with Crippen LogP contribution in [0.5, 0.6) is 0 Å². The van der Waals surface area contributed by atoms with Crippen LogP contribution in [-0.2, 0) is 27.8 Å². The van der Waals surface area contributed by atoms with Crippen molar-refractivity contribution in [3.05, 3.63) is 64.2 Å². The quantitative estimate of drug-likeness (QED) is 0.547. The van der Waals surface area contributed by atoms with Gasteiger partial charge in [0.15, 0.2) is 6.04 Å². The highest BCUT2D eigenvalue weighted by atomic mass is 16.5. The molecule has 1 atom stereocenters. The summed E-state index contributed by atoms with van der Waals surface area (Å²) in [5.41, 5.74) is 6.00. The Hall–Kier alpha value is -3.42. The van der Waals surface area contributed by atoms with Crippen molar-refractivity contribution in [1.29, 1.82) is 0 Å². The Morgan fingerprint density at radius 2 is 1.72 bits per heavy atom. The molecule has 0 unspecified atom stereocenters. The second kappa shape index (κ2) is 9.80. The summed E-state index contributed by atoms with van der Waals surface area (Å²) in [4.78, 5) is 25.7. The van der Waals surface area contributed by atoms with Crippen molar-refractivity contribution in [2.45, 2.75) is 53.5 Å². The van der Waals surface area contributed by atoms with Gasteiger partial charge in [-0.25, -0.2) is 9.48 Å². The number of carbonyl (C=O) groups excluding carboxylic acids is 2. The molecule has 8 nitrogen and oxygen atoms in total. The van der Waals surface area contributed by atoms with E-state index >= 15 is 0 Å². The zero-order valence-corrected chi connectivity index (χ0v) is 19.6. The van der Waals surface area contributed by atoms with Crippen LogP contribution in [0.1, 0.15) is 53.3 Å². The number of nitrogens with one attached hydrogen (secondary N) is 1. The van der Waals surface area contributed by atoms with Gasteiger partial charge in [-0.05, 0) is 58.7 Å². The van der Waals surface area contributed by atoms with Crippen LogP contribution in [0.4, 0.5) is 0 Å². The Kier molecular flexibility index (Phi) is 7.12. The average Bonchev–Trinajstić information content (AvgIpc) is 3.19. The third-order valence-corrected chi connectivity index (χ3v) is 5.73. The van der Waals surface area contributed by atoms with Crippen LogP contribution >= 0.6 is 0 Å². The van der Waals surface area contributed by atoms with E-state index in [0.29, 0.717) is 17.7 Å². The number of rotatable bonds is 8. The van der Waals surface area contributed by atoms with Gasteiger partial charge in [-0.15, -0.1) is 0 Å². The first-order valence-electron chi connectivity index (χ1n) is 10.8.